The molecule has 0 bridgehead atoms. The van der Waals surface area contributed by atoms with Crippen molar-refractivity contribution < 1.29 is 4.79 Å². The van der Waals surface area contributed by atoms with Crippen LogP contribution in [0.15, 0.2) is 30.0 Å². The van der Waals surface area contributed by atoms with Gasteiger partial charge in [0.15, 0.2) is 5.13 Å². The Morgan fingerprint density at radius 3 is 2.96 bits per heavy atom. The summed E-state index contributed by atoms with van der Waals surface area (Å²) in [6.07, 6.45) is 9.70. The standard InChI is InChI=1S/C18H21ClN4OS/c1-12-16(17(24)20-10-9-13-5-3-2-4-6-13)25-18(22-12)23-15-8-7-14(19)11-21-15/h5,7-8,11H,2-4,6,9-10H2,1H3,(H,20,24)(H,21,22,23). The Morgan fingerprint density at radius 1 is 1.36 bits per heavy atom. The Morgan fingerprint density at radius 2 is 2.24 bits per heavy atom. The summed E-state index contributed by atoms with van der Waals surface area (Å²) in [4.78, 5) is 21.6. The molecule has 1 amide bonds. The number of amides is 1. The number of hydrogen-bond acceptors (Lipinski definition) is 5. The van der Waals surface area contributed by atoms with Crippen molar-refractivity contribution in [2.75, 3.05) is 11.9 Å². The molecule has 5 nitrogen and oxygen atoms in total. The largest absolute Gasteiger partial charge is 0.351 e. The van der Waals surface area contributed by atoms with Gasteiger partial charge < -0.3 is 10.6 Å². The maximum atomic E-state index is 12.4. The third kappa shape index (κ3) is 5.03. The van der Waals surface area contributed by atoms with Gasteiger partial charge in [-0.05, 0) is 51.2 Å². The van der Waals surface area contributed by atoms with E-state index in [4.69, 9.17) is 11.6 Å². The van der Waals surface area contributed by atoms with E-state index in [0.29, 0.717) is 27.4 Å². The maximum absolute atomic E-state index is 12.4. The van der Waals surface area contributed by atoms with Crippen LogP contribution in [0.5, 0.6) is 0 Å². The molecule has 7 heteroatoms. The summed E-state index contributed by atoms with van der Waals surface area (Å²) in [6, 6.07) is 3.53. The van der Waals surface area contributed by atoms with Crippen LogP contribution < -0.4 is 10.6 Å². The molecule has 132 valence electrons. The third-order valence-electron chi connectivity index (χ3n) is 4.08. The van der Waals surface area contributed by atoms with Crippen LogP contribution in [0.2, 0.25) is 5.02 Å². The Labute approximate surface area is 156 Å². The highest BCUT2D eigenvalue weighted by Gasteiger charge is 2.15. The van der Waals surface area contributed by atoms with E-state index in [2.05, 4.69) is 26.7 Å². The van der Waals surface area contributed by atoms with Gasteiger partial charge in [0.05, 0.1) is 10.7 Å². The summed E-state index contributed by atoms with van der Waals surface area (Å²) in [5.74, 6) is 0.581. The van der Waals surface area contributed by atoms with Gasteiger partial charge in [-0.2, -0.15) is 0 Å². The van der Waals surface area contributed by atoms with E-state index in [-0.39, 0.29) is 5.91 Å². The minimum absolute atomic E-state index is 0.0662. The average molecular weight is 377 g/mol. The lowest BCUT2D eigenvalue weighted by atomic mass is 9.97. The molecule has 0 spiro atoms. The molecule has 2 heterocycles. The van der Waals surface area contributed by atoms with Gasteiger partial charge in [-0.1, -0.05) is 34.6 Å². The first kappa shape index (κ1) is 17.9. The van der Waals surface area contributed by atoms with Crippen LogP contribution in [-0.4, -0.2) is 22.4 Å². The monoisotopic (exact) mass is 376 g/mol. The lowest BCUT2D eigenvalue weighted by Gasteiger charge is -2.12. The fourth-order valence-electron chi connectivity index (χ4n) is 2.77. The number of nitrogens with one attached hydrogen (secondary N) is 2. The van der Waals surface area contributed by atoms with E-state index in [9.17, 15) is 4.79 Å². The number of allylic oxidation sites excluding steroid dienone is 1. The highest BCUT2D eigenvalue weighted by Crippen LogP contribution is 2.25. The number of rotatable bonds is 6. The van der Waals surface area contributed by atoms with Crippen molar-refractivity contribution in [3.05, 3.63) is 45.6 Å². The summed E-state index contributed by atoms with van der Waals surface area (Å²) in [5, 5.41) is 7.33. The number of carbonyl (C=O) groups excluding carboxylic acids is 1. The number of aryl methyl sites for hydroxylation is 1. The third-order valence-corrected chi connectivity index (χ3v) is 5.38. The summed E-state index contributed by atoms with van der Waals surface area (Å²) < 4.78 is 0. The molecule has 0 fully saturated rings. The van der Waals surface area contributed by atoms with Gasteiger partial charge in [0.25, 0.3) is 5.91 Å². The minimum atomic E-state index is -0.0662. The van der Waals surface area contributed by atoms with E-state index >= 15 is 0 Å². The minimum Gasteiger partial charge on any atom is -0.351 e. The van der Waals surface area contributed by atoms with Crippen molar-refractivity contribution in [1.29, 1.82) is 0 Å². The van der Waals surface area contributed by atoms with Crippen molar-refractivity contribution in [2.45, 2.75) is 39.0 Å². The van der Waals surface area contributed by atoms with E-state index < -0.39 is 0 Å². The summed E-state index contributed by atoms with van der Waals surface area (Å²) in [6.45, 7) is 2.51. The predicted molar refractivity (Wildman–Crippen MR) is 103 cm³/mol. The molecule has 0 atom stereocenters. The van der Waals surface area contributed by atoms with Crippen LogP contribution in [0.3, 0.4) is 0 Å². The first-order valence-electron chi connectivity index (χ1n) is 8.44. The van der Waals surface area contributed by atoms with Crippen LogP contribution in [0.1, 0.15) is 47.5 Å². The highest BCUT2D eigenvalue weighted by molar-refractivity contribution is 7.17. The molecule has 1 aliphatic rings. The lowest BCUT2D eigenvalue weighted by Crippen LogP contribution is -2.24. The number of thiazole rings is 1. The molecule has 0 radical (unpaired) electrons. The zero-order valence-electron chi connectivity index (χ0n) is 14.1. The first-order chi connectivity index (χ1) is 12.1. The molecule has 2 N–H and O–H groups in total. The molecule has 2 aromatic rings. The van der Waals surface area contributed by atoms with Crippen molar-refractivity contribution >= 4 is 39.8 Å². The van der Waals surface area contributed by atoms with Crippen molar-refractivity contribution in [2.24, 2.45) is 0 Å². The van der Waals surface area contributed by atoms with Gasteiger partial charge in [-0.25, -0.2) is 9.97 Å². The SMILES string of the molecule is Cc1nc(Nc2ccc(Cl)cn2)sc1C(=O)NCCC1=CCCCC1. The number of hydrogen-bond donors (Lipinski definition) is 2. The van der Waals surface area contributed by atoms with E-state index in [1.165, 1.54) is 36.2 Å². The van der Waals surface area contributed by atoms with Gasteiger partial charge in [-0.3, -0.25) is 4.79 Å². The molecular formula is C18H21ClN4OS. The second kappa shape index (κ2) is 8.45. The van der Waals surface area contributed by atoms with E-state index in [1.54, 1.807) is 18.3 Å². The second-order valence-electron chi connectivity index (χ2n) is 6.03. The summed E-state index contributed by atoms with van der Waals surface area (Å²) in [7, 11) is 0. The fraction of sp³-hybridized carbons (Fsp3) is 0.389. The van der Waals surface area contributed by atoms with Crippen LogP contribution in [0.4, 0.5) is 10.9 Å². The lowest BCUT2D eigenvalue weighted by molar-refractivity contribution is 0.0957. The molecule has 0 saturated carbocycles. The van der Waals surface area contributed by atoms with Gasteiger partial charge in [0.2, 0.25) is 0 Å². The molecule has 1 aliphatic carbocycles. The number of pyridine rings is 1. The molecule has 0 aliphatic heterocycles. The Bertz CT molecular complexity index is 770. The fourth-order valence-corrected chi connectivity index (χ4v) is 3.77. The number of anilines is 2. The van der Waals surface area contributed by atoms with Crippen molar-refractivity contribution in [1.82, 2.24) is 15.3 Å². The second-order valence-corrected chi connectivity index (χ2v) is 7.47. The Kier molecular flexibility index (Phi) is 6.04. The van der Waals surface area contributed by atoms with Crippen molar-refractivity contribution in [3.63, 3.8) is 0 Å². The number of aromatic nitrogens is 2. The molecule has 0 aromatic carbocycles. The smallest absolute Gasteiger partial charge is 0.263 e. The Balaban J connectivity index is 1.56. The number of nitrogens with zero attached hydrogens (tertiary/aromatic N) is 2. The molecule has 3 rings (SSSR count). The quantitative estimate of drug-likeness (QED) is 0.706. The normalized spacial score (nSPS) is 14.1. The van der Waals surface area contributed by atoms with Gasteiger partial charge >= 0.3 is 0 Å². The van der Waals surface area contributed by atoms with Crippen molar-refractivity contribution in [3.8, 4) is 0 Å². The molecular weight excluding hydrogens is 356 g/mol. The topological polar surface area (TPSA) is 66.9 Å². The number of halogens is 1. The first-order valence-corrected chi connectivity index (χ1v) is 9.63. The van der Waals surface area contributed by atoms with E-state index in [0.717, 1.165) is 18.5 Å². The predicted octanol–water partition coefficient (Wildman–Crippen LogP) is 4.86. The van der Waals surface area contributed by atoms with Gasteiger partial charge in [-0.15, -0.1) is 0 Å². The highest BCUT2D eigenvalue weighted by atomic mass is 35.5. The van der Waals surface area contributed by atoms with Gasteiger partial charge in [0, 0.05) is 12.7 Å². The van der Waals surface area contributed by atoms with Crippen LogP contribution in [0, 0.1) is 6.92 Å². The Hall–Kier alpha value is -1.92. The zero-order valence-corrected chi connectivity index (χ0v) is 15.7. The van der Waals surface area contributed by atoms with E-state index in [1.807, 2.05) is 6.92 Å². The summed E-state index contributed by atoms with van der Waals surface area (Å²) in [5.41, 5.74) is 2.18. The molecule has 2 aromatic heterocycles. The molecule has 25 heavy (non-hydrogen) atoms. The molecule has 0 unspecified atom stereocenters. The van der Waals surface area contributed by atoms with Gasteiger partial charge in [0.1, 0.15) is 10.7 Å². The van der Waals surface area contributed by atoms with Crippen LogP contribution in [-0.2, 0) is 0 Å². The zero-order chi connectivity index (χ0) is 17.6. The van der Waals surface area contributed by atoms with Crippen LogP contribution >= 0.6 is 22.9 Å². The average Bonchev–Trinajstić information content (AvgIpc) is 2.98. The number of carbonyl (C=O) groups is 1. The van der Waals surface area contributed by atoms with Crippen LogP contribution in [0.25, 0.3) is 0 Å². The summed E-state index contributed by atoms with van der Waals surface area (Å²) >= 11 is 7.16. The maximum Gasteiger partial charge on any atom is 0.263 e. The molecule has 0 saturated heterocycles.